The summed E-state index contributed by atoms with van der Waals surface area (Å²) in [6.07, 6.45) is 0. The molecule has 2 aromatic carbocycles. The summed E-state index contributed by atoms with van der Waals surface area (Å²) >= 11 is 5.98. The Morgan fingerprint density at radius 1 is 1.11 bits per heavy atom. The number of rotatable bonds is 5. The number of sulfonamides is 1. The van der Waals surface area contributed by atoms with Crippen LogP contribution in [0.5, 0.6) is 0 Å². The molecule has 27 heavy (non-hydrogen) atoms. The van der Waals surface area contributed by atoms with Crippen LogP contribution < -0.4 is 5.32 Å². The topological polar surface area (TPSA) is 82.3 Å². The molecule has 1 amide bonds. The van der Waals surface area contributed by atoms with Gasteiger partial charge in [-0.15, -0.1) is 0 Å². The largest absolute Gasteiger partial charge is 0.351 e. The second-order valence-corrected chi connectivity index (χ2v) is 9.05. The number of aromatic amines is 1. The maximum absolute atomic E-state index is 12.5. The number of aromatic nitrogens is 1. The first-order valence-corrected chi connectivity index (χ1v) is 10.1. The van der Waals surface area contributed by atoms with Crippen LogP contribution in [-0.4, -0.2) is 37.7 Å². The van der Waals surface area contributed by atoms with Crippen LogP contribution >= 0.6 is 11.6 Å². The van der Waals surface area contributed by atoms with E-state index in [0.717, 1.165) is 20.8 Å². The van der Waals surface area contributed by atoms with Crippen LogP contribution in [0.1, 0.15) is 29.0 Å². The van der Waals surface area contributed by atoms with Gasteiger partial charge in [0.1, 0.15) is 5.69 Å². The molecule has 3 aromatic rings. The van der Waals surface area contributed by atoms with Crippen molar-refractivity contribution in [3.8, 4) is 0 Å². The smallest absolute Gasteiger partial charge is 0.268 e. The van der Waals surface area contributed by atoms with Crippen molar-refractivity contribution in [3.05, 3.63) is 64.8 Å². The van der Waals surface area contributed by atoms with Crippen molar-refractivity contribution >= 4 is 38.4 Å². The predicted molar refractivity (Wildman–Crippen MR) is 107 cm³/mol. The van der Waals surface area contributed by atoms with Gasteiger partial charge in [0.2, 0.25) is 10.0 Å². The highest BCUT2D eigenvalue weighted by atomic mass is 35.5. The zero-order valence-electron chi connectivity index (χ0n) is 15.2. The third-order valence-electron chi connectivity index (χ3n) is 4.33. The molecule has 2 N–H and O–H groups in total. The second-order valence-electron chi connectivity index (χ2n) is 6.47. The minimum absolute atomic E-state index is 0.210. The van der Waals surface area contributed by atoms with Crippen LogP contribution in [0.3, 0.4) is 0 Å². The molecule has 0 spiro atoms. The molecule has 0 aliphatic heterocycles. The molecule has 0 radical (unpaired) electrons. The molecule has 0 bridgehead atoms. The summed E-state index contributed by atoms with van der Waals surface area (Å²) in [6, 6.07) is 13.3. The first-order chi connectivity index (χ1) is 12.7. The van der Waals surface area contributed by atoms with E-state index < -0.39 is 10.0 Å². The van der Waals surface area contributed by atoms with Crippen LogP contribution in [0.15, 0.2) is 53.4 Å². The minimum Gasteiger partial charge on any atom is -0.351 e. The molecule has 1 atom stereocenters. The number of carbonyl (C=O) groups excluding carboxylic acids is 1. The molecule has 0 aliphatic rings. The van der Waals surface area contributed by atoms with Crippen molar-refractivity contribution in [3.63, 3.8) is 0 Å². The molecule has 0 aliphatic carbocycles. The number of nitrogens with one attached hydrogen (secondary N) is 2. The zero-order valence-corrected chi connectivity index (χ0v) is 16.7. The molecular formula is C19H20ClN3O3S. The van der Waals surface area contributed by atoms with Crippen molar-refractivity contribution in [1.82, 2.24) is 14.6 Å². The lowest BCUT2D eigenvalue weighted by molar-refractivity contribution is 0.0935. The van der Waals surface area contributed by atoms with E-state index >= 15 is 0 Å². The van der Waals surface area contributed by atoms with Gasteiger partial charge >= 0.3 is 0 Å². The van der Waals surface area contributed by atoms with Crippen LogP contribution in [0, 0.1) is 0 Å². The number of hydrogen-bond donors (Lipinski definition) is 2. The number of H-pyrrole nitrogens is 1. The van der Waals surface area contributed by atoms with E-state index in [9.17, 15) is 13.2 Å². The normalized spacial score (nSPS) is 13.1. The van der Waals surface area contributed by atoms with E-state index in [2.05, 4.69) is 10.3 Å². The van der Waals surface area contributed by atoms with Crippen molar-refractivity contribution in [1.29, 1.82) is 0 Å². The minimum atomic E-state index is -3.47. The fourth-order valence-corrected chi connectivity index (χ4v) is 3.81. The first kappa shape index (κ1) is 19.4. The van der Waals surface area contributed by atoms with Crippen molar-refractivity contribution in [2.24, 2.45) is 0 Å². The quantitative estimate of drug-likeness (QED) is 0.680. The average Bonchev–Trinajstić information content (AvgIpc) is 3.05. The Kier molecular flexibility index (Phi) is 5.28. The van der Waals surface area contributed by atoms with Crippen molar-refractivity contribution in [2.45, 2.75) is 17.9 Å². The highest BCUT2D eigenvalue weighted by Crippen LogP contribution is 2.21. The predicted octanol–water partition coefficient (Wildman–Crippen LogP) is 3.56. The molecule has 0 fully saturated rings. The summed E-state index contributed by atoms with van der Waals surface area (Å²) in [4.78, 5) is 15.8. The highest BCUT2D eigenvalue weighted by Gasteiger charge is 2.18. The van der Waals surface area contributed by atoms with Gasteiger partial charge in [-0.1, -0.05) is 23.7 Å². The highest BCUT2D eigenvalue weighted by molar-refractivity contribution is 7.89. The van der Waals surface area contributed by atoms with Crippen molar-refractivity contribution in [2.75, 3.05) is 14.1 Å². The lowest BCUT2D eigenvalue weighted by atomic mass is 10.1. The summed E-state index contributed by atoms with van der Waals surface area (Å²) in [5.74, 6) is -0.250. The summed E-state index contributed by atoms with van der Waals surface area (Å²) in [5, 5.41) is 4.37. The van der Waals surface area contributed by atoms with E-state index in [1.54, 1.807) is 30.3 Å². The van der Waals surface area contributed by atoms with Gasteiger partial charge in [0.25, 0.3) is 5.91 Å². The lowest BCUT2D eigenvalue weighted by Crippen LogP contribution is -2.27. The van der Waals surface area contributed by atoms with Gasteiger partial charge in [0, 0.05) is 30.0 Å². The van der Waals surface area contributed by atoms with Gasteiger partial charge in [0.05, 0.1) is 10.9 Å². The fourth-order valence-electron chi connectivity index (χ4n) is 2.72. The third kappa shape index (κ3) is 4.00. The van der Waals surface area contributed by atoms with Crippen molar-refractivity contribution < 1.29 is 13.2 Å². The molecule has 1 aromatic heterocycles. The summed E-state index contributed by atoms with van der Waals surface area (Å²) in [6.45, 7) is 1.84. The third-order valence-corrected chi connectivity index (χ3v) is 6.40. The summed E-state index contributed by atoms with van der Waals surface area (Å²) < 4.78 is 25.4. The second kappa shape index (κ2) is 7.34. The Labute approximate surface area is 163 Å². The molecule has 8 heteroatoms. The van der Waals surface area contributed by atoms with Crippen LogP contribution in [0.4, 0.5) is 0 Å². The molecule has 1 unspecified atom stereocenters. The standard InChI is InChI=1S/C19H20ClN3O3S/c1-12(13-4-7-16(8-5-13)27(25,26)23(2)3)21-19(24)18-11-14-10-15(20)6-9-17(14)22-18/h4-12,22H,1-3H3,(H,21,24). The number of carbonyl (C=O) groups is 1. The molecule has 0 saturated carbocycles. The van der Waals surface area contributed by atoms with Gasteiger partial charge in [-0.05, 0) is 48.9 Å². The fraction of sp³-hybridized carbons (Fsp3) is 0.211. The van der Waals surface area contributed by atoms with Crippen LogP contribution in [-0.2, 0) is 10.0 Å². The van der Waals surface area contributed by atoms with E-state index in [0.29, 0.717) is 10.7 Å². The van der Waals surface area contributed by atoms with Crippen LogP contribution in [0.25, 0.3) is 10.9 Å². The number of halogens is 1. The average molecular weight is 406 g/mol. The van der Waals surface area contributed by atoms with Gasteiger partial charge in [-0.2, -0.15) is 0 Å². The van der Waals surface area contributed by atoms with Gasteiger partial charge < -0.3 is 10.3 Å². The van der Waals surface area contributed by atoms with E-state index in [1.165, 1.54) is 26.2 Å². The first-order valence-electron chi connectivity index (χ1n) is 8.30. The van der Waals surface area contributed by atoms with Crippen LogP contribution in [0.2, 0.25) is 5.02 Å². The maximum atomic E-state index is 12.5. The van der Waals surface area contributed by atoms with Gasteiger partial charge in [0.15, 0.2) is 0 Å². The van der Waals surface area contributed by atoms with Gasteiger partial charge in [-0.25, -0.2) is 12.7 Å². The number of nitrogens with zero attached hydrogens (tertiary/aromatic N) is 1. The molecule has 3 rings (SSSR count). The number of benzene rings is 2. The lowest BCUT2D eigenvalue weighted by Gasteiger charge is -2.15. The number of amides is 1. The Bertz CT molecular complexity index is 1090. The molecule has 142 valence electrons. The van der Waals surface area contributed by atoms with E-state index in [1.807, 2.05) is 13.0 Å². The maximum Gasteiger partial charge on any atom is 0.268 e. The number of hydrogen-bond acceptors (Lipinski definition) is 3. The van der Waals surface area contributed by atoms with Gasteiger partial charge in [-0.3, -0.25) is 4.79 Å². The Morgan fingerprint density at radius 3 is 2.41 bits per heavy atom. The molecule has 1 heterocycles. The summed E-state index contributed by atoms with van der Waals surface area (Å²) in [7, 11) is -0.502. The Hall–Kier alpha value is -2.35. The van der Waals surface area contributed by atoms with E-state index in [-0.39, 0.29) is 16.8 Å². The monoisotopic (exact) mass is 405 g/mol. The SMILES string of the molecule is CC(NC(=O)c1cc2cc(Cl)ccc2[nH]1)c1ccc(S(=O)(=O)N(C)C)cc1. The zero-order chi connectivity index (χ0) is 19.8. The molecule has 6 nitrogen and oxygen atoms in total. The Balaban J connectivity index is 1.76. The van der Waals surface area contributed by atoms with E-state index in [4.69, 9.17) is 11.6 Å². The molecular weight excluding hydrogens is 386 g/mol. The summed E-state index contributed by atoms with van der Waals surface area (Å²) in [5.41, 5.74) is 2.07. The molecule has 0 saturated heterocycles. The Morgan fingerprint density at radius 2 is 1.78 bits per heavy atom. The number of fused-ring (bicyclic) bond motifs is 1.